The highest BCUT2D eigenvalue weighted by atomic mass is 16.5. The van der Waals surface area contributed by atoms with E-state index in [-0.39, 0.29) is 30.5 Å². The second kappa shape index (κ2) is 6.63. The van der Waals surface area contributed by atoms with Gasteiger partial charge in [-0.2, -0.15) is 0 Å². The maximum absolute atomic E-state index is 12.4. The molecule has 6 heteroatoms. The summed E-state index contributed by atoms with van der Waals surface area (Å²) in [6, 6.07) is 7.30. The van der Waals surface area contributed by atoms with Crippen molar-refractivity contribution in [1.29, 1.82) is 0 Å². The van der Waals surface area contributed by atoms with Crippen LogP contribution in [-0.4, -0.2) is 48.4 Å². The molecule has 0 aromatic heterocycles. The number of carbonyl (C=O) groups is 3. The Morgan fingerprint density at radius 1 is 1.21 bits per heavy atom. The summed E-state index contributed by atoms with van der Waals surface area (Å²) in [5.41, 5.74) is 0.129. The molecule has 128 valence electrons. The number of nitrogens with zero attached hydrogens (tertiary/aromatic N) is 1. The first-order valence-corrected chi connectivity index (χ1v) is 8.19. The lowest BCUT2D eigenvalue weighted by atomic mass is 9.82. The predicted molar refractivity (Wildman–Crippen MR) is 85.8 cm³/mol. The fourth-order valence-electron chi connectivity index (χ4n) is 3.35. The van der Waals surface area contributed by atoms with Crippen molar-refractivity contribution in [3.63, 3.8) is 0 Å². The van der Waals surface area contributed by atoms with Crippen molar-refractivity contribution in [3.05, 3.63) is 29.8 Å². The lowest BCUT2D eigenvalue weighted by Gasteiger charge is -2.44. The van der Waals surface area contributed by atoms with Gasteiger partial charge in [0.25, 0.3) is 0 Å². The number of hydrogen-bond acceptors (Lipinski definition) is 5. The molecule has 0 saturated carbocycles. The molecule has 1 saturated heterocycles. The summed E-state index contributed by atoms with van der Waals surface area (Å²) < 4.78 is 10.7. The van der Waals surface area contributed by atoms with E-state index in [4.69, 9.17) is 4.74 Å². The molecule has 3 rings (SSSR count). The van der Waals surface area contributed by atoms with Crippen molar-refractivity contribution in [3.8, 4) is 5.75 Å². The first-order valence-electron chi connectivity index (χ1n) is 8.19. The molecule has 0 radical (unpaired) electrons. The van der Waals surface area contributed by atoms with E-state index in [1.165, 1.54) is 7.11 Å². The quantitative estimate of drug-likeness (QED) is 0.792. The lowest BCUT2D eigenvalue weighted by molar-refractivity contribution is -0.144. The Labute approximate surface area is 140 Å². The standard InChI is InChI=1S/C18H21NO5/c1-23-17(22)7-6-16(21)19-10-8-18(9-11-19)12-14(20)13-4-2-3-5-15(13)24-18/h2-5H,6-12H2,1H3. The summed E-state index contributed by atoms with van der Waals surface area (Å²) in [6.07, 6.45) is 1.85. The summed E-state index contributed by atoms with van der Waals surface area (Å²) in [6.45, 7) is 1.07. The van der Waals surface area contributed by atoms with Gasteiger partial charge in [-0.15, -0.1) is 0 Å². The van der Waals surface area contributed by atoms with Crippen LogP contribution in [0.5, 0.6) is 5.75 Å². The maximum atomic E-state index is 12.4. The molecule has 0 unspecified atom stereocenters. The molecule has 1 spiro atoms. The van der Waals surface area contributed by atoms with Crippen molar-refractivity contribution >= 4 is 17.7 Å². The Hall–Kier alpha value is -2.37. The Kier molecular flexibility index (Phi) is 4.55. The third-order valence-corrected chi connectivity index (χ3v) is 4.79. The summed E-state index contributed by atoms with van der Waals surface area (Å²) in [7, 11) is 1.31. The summed E-state index contributed by atoms with van der Waals surface area (Å²) in [5.74, 6) is 0.300. The van der Waals surface area contributed by atoms with E-state index in [2.05, 4.69) is 4.74 Å². The minimum absolute atomic E-state index is 0.0576. The summed E-state index contributed by atoms with van der Waals surface area (Å²) in [5, 5.41) is 0. The predicted octanol–water partition coefficient (Wildman–Crippen LogP) is 1.97. The Balaban J connectivity index is 1.60. The van der Waals surface area contributed by atoms with E-state index < -0.39 is 5.60 Å². The van der Waals surface area contributed by atoms with Crippen LogP contribution < -0.4 is 4.74 Å². The third kappa shape index (κ3) is 3.27. The van der Waals surface area contributed by atoms with E-state index in [1.807, 2.05) is 18.2 Å². The molecular weight excluding hydrogens is 310 g/mol. The van der Waals surface area contributed by atoms with Gasteiger partial charge in [-0.05, 0) is 12.1 Å². The highest BCUT2D eigenvalue weighted by Gasteiger charge is 2.43. The van der Waals surface area contributed by atoms with Gasteiger partial charge in [-0.3, -0.25) is 14.4 Å². The minimum atomic E-state index is -0.509. The van der Waals surface area contributed by atoms with Gasteiger partial charge in [0.2, 0.25) is 5.91 Å². The van der Waals surface area contributed by atoms with Gasteiger partial charge < -0.3 is 14.4 Å². The van der Waals surface area contributed by atoms with Crippen LogP contribution in [0.25, 0.3) is 0 Å². The number of carbonyl (C=O) groups excluding carboxylic acids is 3. The molecule has 1 amide bonds. The van der Waals surface area contributed by atoms with Gasteiger partial charge in [0.05, 0.1) is 25.5 Å². The molecule has 2 heterocycles. The number of benzene rings is 1. The van der Waals surface area contributed by atoms with E-state index in [0.717, 1.165) is 0 Å². The van der Waals surface area contributed by atoms with Crippen LogP contribution in [-0.2, 0) is 14.3 Å². The number of likely N-dealkylation sites (tertiary alicyclic amines) is 1. The number of ketones is 1. The Morgan fingerprint density at radius 2 is 1.92 bits per heavy atom. The van der Waals surface area contributed by atoms with Gasteiger partial charge in [-0.25, -0.2) is 0 Å². The van der Waals surface area contributed by atoms with Crippen LogP contribution >= 0.6 is 0 Å². The SMILES string of the molecule is COC(=O)CCC(=O)N1CCC2(CC1)CC(=O)c1ccccc1O2. The second-order valence-corrected chi connectivity index (χ2v) is 6.34. The zero-order valence-electron chi connectivity index (χ0n) is 13.7. The van der Waals surface area contributed by atoms with E-state index in [9.17, 15) is 14.4 Å². The molecule has 0 atom stereocenters. The number of amides is 1. The first kappa shape index (κ1) is 16.5. The maximum Gasteiger partial charge on any atom is 0.306 e. The molecule has 1 aromatic rings. The second-order valence-electron chi connectivity index (χ2n) is 6.34. The monoisotopic (exact) mass is 331 g/mol. The molecule has 1 aromatic carbocycles. The smallest absolute Gasteiger partial charge is 0.306 e. The number of esters is 1. The zero-order valence-corrected chi connectivity index (χ0v) is 13.7. The molecule has 0 aliphatic carbocycles. The number of Topliss-reactive ketones (excluding diaryl/α,β-unsaturated/α-hetero) is 1. The Bertz CT molecular complexity index is 661. The van der Waals surface area contributed by atoms with Crippen LogP contribution in [0, 0.1) is 0 Å². The molecule has 0 bridgehead atoms. The van der Waals surface area contributed by atoms with E-state index in [0.29, 0.717) is 43.7 Å². The molecule has 0 N–H and O–H groups in total. The molecular formula is C18H21NO5. The van der Waals surface area contributed by atoms with Gasteiger partial charge in [-0.1, -0.05) is 12.1 Å². The number of rotatable bonds is 3. The molecule has 2 aliphatic heterocycles. The van der Waals surface area contributed by atoms with Crippen LogP contribution in [0.2, 0.25) is 0 Å². The van der Waals surface area contributed by atoms with Crippen molar-refractivity contribution in [2.75, 3.05) is 20.2 Å². The van der Waals surface area contributed by atoms with Gasteiger partial charge >= 0.3 is 5.97 Å². The van der Waals surface area contributed by atoms with Gasteiger partial charge in [0, 0.05) is 32.4 Å². The number of fused-ring (bicyclic) bond motifs is 1. The largest absolute Gasteiger partial charge is 0.486 e. The van der Waals surface area contributed by atoms with Crippen molar-refractivity contribution < 1.29 is 23.9 Å². The van der Waals surface area contributed by atoms with Crippen LogP contribution in [0.4, 0.5) is 0 Å². The fourth-order valence-corrected chi connectivity index (χ4v) is 3.35. The average molecular weight is 331 g/mol. The van der Waals surface area contributed by atoms with E-state index >= 15 is 0 Å². The summed E-state index contributed by atoms with van der Waals surface area (Å²) >= 11 is 0. The Morgan fingerprint density at radius 3 is 2.62 bits per heavy atom. The van der Waals surface area contributed by atoms with Crippen LogP contribution in [0.3, 0.4) is 0 Å². The van der Waals surface area contributed by atoms with Gasteiger partial charge in [0.15, 0.2) is 5.78 Å². The number of ether oxygens (including phenoxy) is 2. The van der Waals surface area contributed by atoms with Crippen LogP contribution in [0.1, 0.15) is 42.5 Å². The highest BCUT2D eigenvalue weighted by Crippen LogP contribution is 2.39. The topological polar surface area (TPSA) is 72.9 Å². The van der Waals surface area contributed by atoms with Crippen molar-refractivity contribution in [2.45, 2.75) is 37.7 Å². The minimum Gasteiger partial charge on any atom is -0.486 e. The average Bonchev–Trinajstić information content (AvgIpc) is 2.60. The number of methoxy groups -OCH3 is 1. The number of hydrogen-bond donors (Lipinski definition) is 0. The normalized spacial score (nSPS) is 18.7. The number of piperidine rings is 1. The molecule has 24 heavy (non-hydrogen) atoms. The molecule has 2 aliphatic rings. The highest BCUT2D eigenvalue weighted by molar-refractivity contribution is 6.00. The zero-order chi connectivity index (χ0) is 17.2. The molecule has 1 fully saturated rings. The summed E-state index contributed by atoms with van der Waals surface area (Å²) in [4.78, 5) is 37.4. The van der Waals surface area contributed by atoms with Crippen molar-refractivity contribution in [1.82, 2.24) is 4.90 Å². The van der Waals surface area contributed by atoms with E-state index in [1.54, 1.807) is 11.0 Å². The molecule has 6 nitrogen and oxygen atoms in total. The fraction of sp³-hybridized carbons (Fsp3) is 0.500. The first-order chi connectivity index (χ1) is 11.5. The van der Waals surface area contributed by atoms with Gasteiger partial charge in [0.1, 0.15) is 11.4 Å². The number of para-hydroxylation sites is 1. The van der Waals surface area contributed by atoms with Crippen LogP contribution in [0.15, 0.2) is 24.3 Å². The third-order valence-electron chi connectivity index (χ3n) is 4.79. The lowest BCUT2D eigenvalue weighted by Crippen LogP contribution is -2.52. The van der Waals surface area contributed by atoms with Crippen molar-refractivity contribution in [2.24, 2.45) is 0 Å².